The molecule has 112 valence electrons. The van der Waals surface area contributed by atoms with E-state index in [0.717, 1.165) is 5.56 Å². The highest BCUT2D eigenvalue weighted by molar-refractivity contribution is 6.35. The van der Waals surface area contributed by atoms with E-state index in [-0.39, 0.29) is 5.82 Å². The van der Waals surface area contributed by atoms with Crippen LogP contribution in [0.5, 0.6) is 0 Å². The molecular weight excluding hydrogens is 320 g/mol. The van der Waals surface area contributed by atoms with Gasteiger partial charge in [0.05, 0.1) is 16.2 Å². The van der Waals surface area contributed by atoms with Crippen LogP contribution in [-0.2, 0) is 0 Å². The number of halogens is 1. The topological polar surface area (TPSA) is 110 Å². The van der Waals surface area contributed by atoms with E-state index < -0.39 is 5.76 Å². The summed E-state index contributed by atoms with van der Waals surface area (Å²) in [5, 5.41) is 4.08. The quantitative estimate of drug-likeness (QED) is 0.600. The molecule has 0 saturated carbocycles. The summed E-state index contributed by atoms with van der Waals surface area (Å²) in [5.74, 6) is -0.422. The van der Waals surface area contributed by atoms with Crippen LogP contribution < -0.4 is 5.76 Å². The molecule has 0 aliphatic heterocycles. The van der Waals surface area contributed by atoms with Crippen LogP contribution in [0.2, 0.25) is 5.02 Å². The molecule has 0 saturated heterocycles. The molecule has 9 heteroatoms. The van der Waals surface area contributed by atoms with Gasteiger partial charge in [-0.1, -0.05) is 16.8 Å². The summed E-state index contributed by atoms with van der Waals surface area (Å²) < 4.78 is 4.48. The van der Waals surface area contributed by atoms with Crippen LogP contribution in [0.15, 0.2) is 46.2 Å². The van der Waals surface area contributed by atoms with Crippen LogP contribution >= 0.6 is 11.6 Å². The van der Waals surface area contributed by atoms with Gasteiger partial charge in [0.25, 0.3) is 0 Å². The fourth-order valence-corrected chi connectivity index (χ4v) is 2.43. The van der Waals surface area contributed by atoms with Crippen molar-refractivity contribution >= 4 is 22.6 Å². The Morgan fingerprint density at radius 3 is 2.65 bits per heavy atom. The SMILES string of the molecule is O=c1[nH]c(-c2cc(-c3cc(Cl)c4nccnc4c3)ncn2)no1. The minimum atomic E-state index is -0.649. The number of rotatable bonds is 2. The van der Waals surface area contributed by atoms with Gasteiger partial charge in [0, 0.05) is 18.0 Å². The molecule has 0 aliphatic rings. The van der Waals surface area contributed by atoms with Crippen molar-refractivity contribution in [2.75, 3.05) is 0 Å². The second-order valence-corrected chi connectivity index (χ2v) is 5.02. The lowest BCUT2D eigenvalue weighted by Gasteiger charge is -2.05. The van der Waals surface area contributed by atoms with Crippen molar-refractivity contribution in [3.63, 3.8) is 0 Å². The molecule has 1 N–H and O–H groups in total. The fourth-order valence-electron chi connectivity index (χ4n) is 2.17. The van der Waals surface area contributed by atoms with Crippen LogP contribution in [-0.4, -0.2) is 30.1 Å². The van der Waals surface area contributed by atoms with Crippen LogP contribution in [0.25, 0.3) is 33.8 Å². The van der Waals surface area contributed by atoms with Gasteiger partial charge in [-0.3, -0.25) is 19.5 Å². The minimum absolute atomic E-state index is 0.227. The van der Waals surface area contributed by atoms with Gasteiger partial charge >= 0.3 is 5.76 Å². The van der Waals surface area contributed by atoms with E-state index >= 15 is 0 Å². The molecule has 0 unspecified atom stereocenters. The predicted molar refractivity (Wildman–Crippen MR) is 81.7 cm³/mol. The Morgan fingerprint density at radius 1 is 1.00 bits per heavy atom. The summed E-state index contributed by atoms with van der Waals surface area (Å²) in [7, 11) is 0. The van der Waals surface area contributed by atoms with Crippen molar-refractivity contribution < 1.29 is 4.52 Å². The number of aromatic amines is 1. The van der Waals surface area contributed by atoms with E-state index in [1.165, 1.54) is 6.33 Å². The maximum atomic E-state index is 11.0. The lowest BCUT2D eigenvalue weighted by atomic mass is 10.1. The third-order valence-electron chi connectivity index (χ3n) is 3.17. The third-order valence-corrected chi connectivity index (χ3v) is 3.46. The highest BCUT2D eigenvalue weighted by Gasteiger charge is 2.11. The Labute approximate surface area is 133 Å². The summed E-state index contributed by atoms with van der Waals surface area (Å²) >= 11 is 6.25. The normalized spacial score (nSPS) is 11.0. The van der Waals surface area contributed by atoms with E-state index in [0.29, 0.717) is 27.4 Å². The largest absolute Gasteiger partial charge is 0.439 e. The molecule has 0 atom stereocenters. The zero-order valence-corrected chi connectivity index (χ0v) is 12.2. The molecule has 3 heterocycles. The Hall–Kier alpha value is -3.13. The van der Waals surface area contributed by atoms with E-state index in [1.54, 1.807) is 24.5 Å². The summed E-state index contributed by atoms with van der Waals surface area (Å²) in [5.41, 5.74) is 3.06. The summed E-state index contributed by atoms with van der Waals surface area (Å²) in [4.78, 5) is 30.2. The minimum Gasteiger partial charge on any atom is -0.296 e. The molecule has 23 heavy (non-hydrogen) atoms. The van der Waals surface area contributed by atoms with Crippen molar-refractivity contribution in [3.05, 3.63) is 52.5 Å². The zero-order chi connectivity index (χ0) is 15.8. The monoisotopic (exact) mass is 326 g/mol. The second kappa shape index (κ2) is 5.25. The first-order valence-electron chi connectivity index (χ1n) is 6.50. The van der Waals surface area contributed by atoms with Gasteiger partial charge in [0.1, 0.15) is 17.5 Å². The van der Waals surface area contributed by atoms with Gasteiger partial charge in [0.2, 0.25) is 5.82 Å². The number of aromatic nitrogens is 6. The third kappa shape index (κ3) is 2.44. The van der Waals surface area contributed by atoms with Crippen LogP contribution in [0.4, 0.5) is 0 Å². The number of hydrogen-bond donors (Lipinski definition) is 1. The van der Waals surface area contributed by atoms with Crippen molar-refractivity contribution in [2.24, 2.45) is 0 Å². The van der Waals surface area contributed by atoms with Crippen molar-refractivity contribution in [2.45, 2.75) is 0 Å². The van der Waals surface area contributed by atoms with Gasteiger partial charge in [-0.15, -0.1) is 0 Å². The molecular formula is C14H7ClN6O2. The van der Waals surface area contributed by atoms with Gasteiger partial charge in [-0.25, -0.2) is 14.8 Å². The van der Waals surface area contributed by atoms with E-state index in [1.807, 2.05) is 6.07 Å². The molecule has 0 bridgehead atoms. The number of hydrogen-bond acceptors (Lipinski definition) is 7. The second-order valence-electron chi connectivity index (χ2n) is 4.61. The number of benzene rings is 1. The van der Waals surface area contributed by atoms with Crippen LogP contribution in [0, 0.1) is 0 Å². The first kappa shape index (κ1) is 13.5. The molecule has 4 aromatic rings. The standard InChI is InChI=1S/C14H7ClN6O2/c15-8-3-7(4-10-12(8)17-2-1-16-10)9-5-11(19-6-18-9)13-20-14(22)23-21-13/h1-6H,(H,20,21,22). The summed E-state index contributed by atoms with van der Waals surface area (Å²) in [6, 6.07) is 5.24. The lowest BCUT2D eigenvalue weighted by Crippen LogP contribution is -1.96. The van der Waals surface area contributed by atoms with Crippen molar-refractivity contribution in [1.82, 2.24) is 30.1 Å². The fraction of sp³-hybridized carbons (Fsp3) is 0. The maximum Gasteiger partial charge on any atom is 0.439 e. The maximum absolute atomic E-state index is 11.0. The Kier molecular flexibility index (Phi) is 3.09. The molecule has 0 radical (unpaired) electrons. The van der Waals surface area contributed by atoms with E-state index in [9.17, 15) is 4.79 Å². The predicted octanol–water partition coefficient (Wildman–Crippen LogP) is 2.08. The Morgan fingerprint density at radius 2 is 1.83 bits per heavy atom. The molecule has 3 aromatic heterocycles. The Bertz CT molecular complexity index is 1070. The number of fused-ring (bicyclic) bond motifs is 1. The Balaban J connectivity index is 1.86. The van der Waals surface area contributed by atoms with Crippen LogP contribution in [0.1, 0.15) is 0 Å². The average Bonchev–Trinajstić information content (AvgIpc) is 3.01. The summed E-state index contributed by atoms with van der Waals surface area (Å²) in [6.45, 7) is 0. The highest BCUT2D eigenvalue weighted by Crippen LogP contribution is 2.28. The van der Waals surface area contributed by atoms with Crippen molar-refractivity contribution in [1.29, 1.82) is 0 Å². The van der Waals surface area contributed by atoms with Crippen molar-refractivity contribution in [3.8, 4) is 22.8 Å². The highest BCUT2D eigenvalue weighted by atomic mass is 35.5. The molecule has 8 nitrogen and oxygen atoms in total. The van der Waals surface area contributed by atoms with Gasteiger partial charge in [-0.2, -0.15) is 0 Å². The number of nitrogens with one attached hydrogen (secondary N) is 1. The van der Waals surface area contributed by atoms with Crippen LogP contribution in [0.3, 0.4) is 0 Å². The molecule has 0 amide bonds. The molecule has 4 rings (SSSR count). The molecule has 0 spiro atoms. The van der Waals surface area contributed by atoms with Gasteiger partial charge < -0.3 is 0 Å². The first-order chi connectivity index (χ1) is 11.2. The smallest absolute Gasteiger partial charge is 0.296 e. The summed E-state index contributed by atoms with van der Waals surface area (Å²) in [6.07, 6.45) is 4.54. The molecule has 0 fully saturated rings. The average molecular weight is 327 g/mol. The number of H-pyrrole nitrogens is 1. The number of nitrogens with zero attached hydrogens (tertiary/aromatic N) is 5. The first-order valence-corrected chi connectivity index (χ1v) is 6.87. The van der Waals surface area contributed by atoms with Gasteiger partial charge in [0.15, 0.2) is 0 Å². The molecule has 0 aliphatic carbocycles. The molecule has 1 aromatic carbocycles. The van der Waals surface area contributed by atoms with E-state index in [4.69, 9.17) is 11.6 Å². The van der Waals surface area contributed by atoms with Gasteiger partial charge in [-0.05, 0) is 18.2 Å². The lowest BCUT2D eigenvalue weighted by molar-refractivity contribution is 0.387. The van der Waals surface area contributed by atoms with E-state index in [2.05, 4.69) is 34.6 Å². The zero-order valence-electron chi connectivity index (χ0n) is 11.4.